The Bertz CT molecular complexity index is 399. The van der Waals surface area contributed by atoms with E-state index in [0.717, 1.165) is 0 Å². The van der Waals surface area contributed by atoms with Gasteiger partial charge in [-0.15, -0.1) is 0 Å². The Morgan fingerprint density at radius 2 is 2.40 bits per heavy atom. The second-order valence-electron chi connectivity index (χ2n) is 3.03. The lowest BCUT2D eigenvalue weighted by Crippen LogP contribution is -2.36. The zero-order valence-corrected chi connectivity index (χ0v) is 8.30. The number of nitrogens with one attached hydrogen (secondary N) is 1. The average Bonchev–Trinajstić information content (AvgIpc) is 2.58. The molecule has 3 N–H and O–H groups in total. The number of carbonyl (C=O) groups is 1. The van der Waals surface area contributed by atoms with Gasteiger partial charge in [-0.05, 0) is 18.8 Å². The first-order chi connectivity index (χ1) is 6.97. The van der Waals surface area contributed by atoms with Crippen LogP contribution in [-0.2, 0) is 4.79 Å². The zero-order valence-electron chi connectivity index (χ0n) is 8.30. The maximum Gasteiger partial charge on any atom is 0.390 e. The number of aryl methyl sites for hydroxylation is 1. The van der Waals surface area contributed by atoms with E-state index in [4.69, 9.17) is 5.84 Å². The molecule has 1 atom stereocenters. The van der Waals surface area contributed by atoms with E-state index in [-0.39, 0.29) is 5.82 Å². The lowest BCUT2D eigenvalue weighted by atomic mass is 10.3. The van der Waals surface area contributed by atoms with Gasteiger partial charge in [-0.2, -0.15) is 4.68 Å². The number of aromatic nitrogens is 2. The van der Waals surface area contributed by atoms with E-state index < -0.39 is 16.9 Å². The van der Waals surface area contributed by atoms with Gasteiger partial charge in [0.25, 0.3) is 5.91 Å². The van der Waals surface area contributed by atoms with Crippen molar-refractivity contribution in [1.82, 2.24) is 15.2 Å². The fourth-order valence-electron chi connectivity index (χ4n) is 1.18. The number of hydrogen-bond donors (Lipinski definition) is 2. The number of hydrogen-bond acceptors (Lipinski definition) is 5. The molecule has 1 aromatic heterocycles. The second-order valence-corrected chi connectivity index (χ2v) is 3.03. The Morgan fingerprint density at radius 1 is 1.80 bits per heavy atom. The van der Waals surface area contributed by atoms with Crippen LogP contribution in [0, 0.1) is 17.0 Å². The summed E-state index contributed by atoms with van der Waals surface area (Å²) in [6, 6.07) is 0.615. The summed E-state index contributed by atoms with van der Waals surface area (Å²) in [5.41, 5.74) is 2.49. The molecule has 1 rings (SSSR count). The molecule has 0 bridgehead atoms. The number of rotatable bonds is 3. The molecule has 0 saturated carbocycles. The van der Waals surface area contributed by atoms with E-state index in [1.165, 1.54) is 10.7 Å². The summed E-state index contributed by atoms with van der Waals surface area (Å²) in [4.78, 5) is 21.0. The number of hydrazine groups is 1. The van der Waals surface area contributed by atoms with E-state index in [0.29, 0.717) is 5.69 Å². The lowest BCUT2D eigenvalue weighted by Gasteiger charge is -2.07. The first-order valence-corrected chi connectivity index (χ1v) is 4.18. The van der Waals surface area contributed by atoms with Crippen LogP contribution in [0.3, 0.4) is 0 Å². The van der Waals surface area contributed by atoms with Crippen LogP contribution in [0.25, 0.3) is 0 Å². The molecule has 0 aliphatic carbocycles. The molecular formula is C7H11N5O3. The molecular weight excluding hydrogens is 202 g/mol. The van der Waals surface area contributed by atoms with E-state index in [9.17, 15) is 14.9 Å². The molecule has 0 aromatic carbocycles. The highest BCUT2D eigenvalue weighted by molar-refractivity contribution is 5.79. The van der Waals surface area contributed by atoms with Gasteiger partial charge in [0.1, 0.15) is 0 Å². The number of carbonyl (C=O) groups excluding carboxylic acids is 1. The zero-order chi connectivity index (χ0) is 11.6. The number of nitrogens with zero attached hydrogens (tertiary/aromatic N) is 3. The topological polar surface area (TPSA) is 116 Å². The molecule has 1 heterocycles. The van der Waals surface area contributed by atoms with Gasteiger partial charge in [0.2, 0.25) is 0 Å². The minimum Gasteiger partial charge on any atom is -0.358 e. The van der Waals surface area contributed by atoms with Crippen molar-refractivity contribution in [1.29, 1.82) is 0 Å². The summed E-state index contributed by atoms with van der Waals surface area (Å²) in [6.45, 7) is 3.17. The first-order valence-electron chi connectivity index (χ1n) is 4.18. The van der Waals surface area contributed by atoms with Gasteiger partial charge in [-0.3, -0.25) is 10.2 Å². The van der Waals surface area contributed by atoms with Gasteiger partial charge in [-0.1, -0.05) is 0 Å². The largest absolute Gasteiger partial charge is 0.390 e. The van der Waals surface area contributed by atoms with Crippen LogP contribution in [0.4, 0.5) is 5.82 Å². The van der Waals surface area contributed by atoms with Gasteiger partial charge < -0.3 is 10.1 Å². The summed E-state index contributed by atoms with van der Waals surface area (Å²) in [5, 5.41) is 14.1. The van der Waals surface area contributed by atoms with Gasteiger partial charge >= 0.3 is 5.82 Å². The second kappa shape index (κ2) is 4.05. The number of amides is 1. The molecule has 8 heteroatoms. The highest BCUT2D eigenvalue weighted by atomic mass is 16.6. The average molecular weight is 213 g/mol. The normalized spacial score (nSPS) is 12.2. The summed E-state index contributed by atoms with van der Waals surface area (Å²) in [6.07, 6.45) is 0. The molecule has 15 heavy (non-hydrogen) atoms. The monoisotopic (exact) mass is 213 g/mol. The van der Waals surface area contributed by atoms with Crippen LogP contribution in [0.15, 0.2) is 6.07 Å². The maximum atomic E-state index is 11.2. The minimum atomic E-state index is -0.677. The third-order valence-corrected chi connectivity index (χ3v) is 1.99. The van der Waals surface area contributed by atoms with Crippen LogP contribution < -0.4 is 11.3 Å². The molecule has 0 aliphatic heterocycles. The van der Waals surface area contributed by atoms with E-state index in [2.05, 4.69) is 5.10 Å². The standard InChI is InChI=1S/C7H11N5O3/c1-4-3-6(12(14)15)10-11(4)5(2)7(13)9-8/h3,5H,8H2,1-2H3,(H,9,13)/t5-/m1/s1. The van der Waals surface area contributed by atoms with Crippen molar-refractivity contribution < 1.29 is 9.72 Å². The Labute approximate surface area is 85.2 Å². The lowest BCUT2D eigenvalue weighted by molar-refractivity contribution is -0.389. The fourth-order valence-corrected chi connectivity index (χ4v) is 1.18. The SMILES string of the molecule is Cc1cc([N+](=O)[O-])nn1[C@H](C)C(=O)NN. The van der Waals surface area contributed by atoms with Gasteiger partial charge in [0.05, 0.1) is 16.9 Å². The quantitative estimate of drug-likeness (QED) is 0.308. The Balaban J connectivity index is 3.04. The fraction of sp³-hybridized carbons (Fsp3) is 0.429. The van der Waals surface area contributed by atoms with Crippen molar-refractivity contribution >= 4 is 11.7 Å². The highest BCUT2D eigenvalue weighted by Crippen LogP contribution is 2.15. The van der Waals surface area contributed by atoms with Crippen molar-refractivity contribution in [2.24, 2.45) is 5.84 Å². The predicted molar refractivity (Wildman–Crippen MR) is 50.7 cm³/mol. The first kappa shape index (κ1) is 11.1. The summed E-state index contributed by atoms with van der Waals surface area (Å²) < 4.78 is 1.25. The molecule has 0 aliphatic rings. The van der Waals surface area contributed by atoms with Crippen molar-refractivity contribution in [3.8, 4) is 0 Å². The number of nitrogens with two attached hydrogens (primary N) is 1. The Hall–Kier alpha value is -1.96. The van der Waals surface area contributed by atoms with Crippen LogP contribution in [0.5, 0.6) is 0 Å². The van der Waals surface area contributed by atoms with Crippen LogP contribution >= 0.6 is 0 Å². The van der Waals surface area contributed by atoms with Gasteiger partial charge in [-0.25, -0.2) is 5.84 Å². The molecule has 1 amide bonds. The summed E-state index contributed by atoms with van der Waals surface area (Å²) >= 11 is 0. The van der Waals surface area contributed by atoms with Crippen LogP contribution in [0.2, 0.25) is 0 Å². The van der Waals surface area contributed by atoms with Crippen LogP contribution in [0.1, 0.15) is 18.7 Å². The molecule has 8 nitrogen and oxygen atoms in total. The third kappa shape index (κ3) is 2.10. The van der Waals surface area contributed by atoms with E-state index in [1.54, 1.807) is 13.8 Å². The molecule has 1 aromatic rings. The van der Waals surface area contributed by atoms with Crippen LogP contribution in [-0.4, -0.2) is 20.6 Å². The molecule has 0 spiro atoms. The van der Waals surface area contributed by atoms with Crippen molar-refractivity contribution in [2.45, 2.75) is 19.9 Å². The molecule has 0 fully saturated rings. The highest BCUT2D eigenvalue weighted by Gasteiger charge is 2.23. The molecule has 0 radical (unpaired) electrons. The van der Waals surface area contributed by atoms with Crippen molar-refractivity contribution in [3.05, 3.63) is 21.9 Å². The van der Waals surface area contributed by atoms with Crippen molar-refractivity contribution in [2.75, 3.05) is 0 Å². The molecule has 0 unspecified atom stereocenters. The summed E-state index contributed by atoms with van der Waals surface area (Å²) in [5.74, 6) is 4.20. The minimum absolute atomic E-state index is 0.288. The molecule has 0 saturated heterocycles. The molecule has 82 valence electrons. The van der Waals surface area contributed by atoms with Crippen molar-refractivity contribution in [3.63, 3.8) is 0 Å². The summed E-state index contributed by atoms with van der Waals surface area (Å²) in [7, 11) is 0. The predicted octanol–water partition coefficient (Wildman–Crippen LogP) is -0.349. The van der Waals surface area contributed by atoms with Gasteiger partial charge in [0.15, 0.2) is 6.04 Å². The Morgan fingerprint density at radius 3 is 2.80 bits per heavy atom. The van der Waals surface area contributed by atoms with Gasteiger partial charge in [0, 0.05) is 0 Å². The van der Waals surface area contributed by atoms with E-state index in [1.807, 2.05) is 5.43 Å². The van der Waals surface area contributed by atoms with E-state index >= 15 is 0 Å². The maximum absolute atomic E-state index is 11.2. The Kier molecular flexibility index (Phi) is 3.00. The number of nitro groups is 1. The third-order valence-electron chi connectivity index (χ3n) is 1.99. The smallest absolute Gasteiger partial charge is 0.358 e.